The molecule has 0 aliphatic carbocycles. The molecule has 1 amide bonds. The highest BCUT2D eigenvalue weighted by Gasteiger charge is 2.23. The van der Waals surface area contributed by atoms with Crippen molar-refractivity contribution in [1.82, 2.24) is 4.98 Å². The van der Waals surface area contributed by atoms with Crippen molar-refractivity contribution in [3.8, 4) is 0 Å². The Morgan fingerprint density at radius 1 is 1.56 bits per heavy atom. The predicted molar refractivity (Wildman–Crippen MR) is 62.3 cm³/mol. The highest BCUT2D eigenvalue weighted by atomic mass is 16.1. The van der Waals surface area contributed by atoms with E-state index in [2.05, 4.69) is 4.98 Å². The summed E-state index contributed by atoms with van der Waals surface area (Å²) in [5, 5.41) is 0. The van der Waals surface area contributed by atoms with Gasteiger partial charge in [-0.1, -0.05) is 0 Å². The second kappa shape index (κ2) is 4.09. The molecule has 0 aromatic carbocycles. The van der Waals surface area contributed by atoms with Gasteiger partial charge in [-0.2, -0.15) is 0 Å². The van der Waals surface area contributed by atoms with Gasteiger partial charge in [0.25, 0.3) is 5.91 Å². The van der Waals surface area contributed by atoms with E-state index in [1.54, 1.807) is 12.1 Å². The first-order valence-electron chi connectivity index (χ1n) is 5.36. The van der Waals surface area contributed by atoms with Gasteiger partial charge >= 0.3 is 0 Å². The summed E-state index contributed by atoms with van der Waals surface area (Å²) in [6.45, 7) is 3.46. The third-order valence-electron chi connectivity index (χ3n) is 2.80. The summed E-state index contributed by atoms with van der Waals surface area (Å²) in [6, 6.07) is 3.67. The lowest BCUT2D eigenvalue weighted by molar-refractivity contribution is 0.100. The highest BCUT2D eigenvalue weighted by molar-refractivity contribution is 5.97. The minimum absolute atomic E-state index is 0.156. The van der Waals surface area contributed by atoms with E-state index in [4.69, 9.17) is 11.5 Å². The molecule has 0 bridgehead atoms. The number of hydrogen-bond donors (Lipinski definition) is 2. The smallest absolute Gasteiger partial charge is 0.252 e. The van der Waals surface area contributed by atoms with E-state index in [1.165, 1.54) is 0 Å². The molecule has 1 unspecified atom stereocenters. The van der Waals surface area contributed by atoms with Crippen LogP contribution in [0.3, 0.4) is 0 Å². The van der Waals surface area contributed by atoms with Gasteiger partial charge < -0.3 is 16.4 Å². The minimum Gasteiger partial charge on any atom is -0.365 e. The van der Waals surface area contributed by atoms with Crippen LogP contribution in [-0.2, 0) is 0 Å². The van der Waals surface area contributed by atoms with E-state index in [9.17, 15) is 4.79 Å². The highest BCUT2D eigenvalue weighted by Crippen LogP contribution is 2.22. The molecule has 2 heterocycles. The van der Waals surface area contributed by atoms with Crippen LogP contribution >= 0.6 is 0 Å². The number of primary amides is 1. The van der Waals surface area contributed by atoms with Crippen molar-refractivity contribution < 1.29 is 4.79 Å². The van der Waals surface area contributed by atoms with Crippen molar-refractivity contribution in [3.05, 3.63) is 23.4 Å². The monoisotopic (exact) mass is 220 g/mol. The maximum atomic E-state index is 11.3. The Labute approximate surface area is 94.4 Å². The number of nitrogens with two attached hydrogens (primary N) is 2. The Bertz CT molecular complexity index is 418. The Kier molecular flexibility index (Phi) is 2.78. The first-order valence-corrected chi connectivity index (χ1v) is 5.36. The Morgan fingerprint density at radius 2 is 2.31 bits per heavy atom. The van der Waals surface area contributed by atoms with Gasteiger partial charge in [0.2, 0.25) is 0 Å². The molecular weight excluding hydrogens is 204 g/mol. The zero-order valence-corrected chi connectivity index (χ0v) is 9.31. The molecule has 4 N–H and O–H groups in total. The standard InChI is InChI=1S/C11H16N4O/c1-7-2-3-9(10(13)16)11(14-7)15-5-4-8(12)6-15/h2-3,8H,4-6,12H2,1H3,(H2,13,16). The van der Waals surface area contributed by atoms with Crippen molar-refractivity contribution in [2.24, 2.45) is 11.5 Å². The second-order valence-electron chi connectivity index (χ2n) is 4.18. The van der Waals surface area contributed by atoms with Gasteiger partial charge in [0.05, 0.1) is 5.56 Å². The largest absolute Gasteiger partial charge is 0.365 e. The van der Waals surface area contributed by atoms with Gasteiger partial charge in [0.1, 0.15) is 5.82 Å². The number of aromatic nitrogens is 1. The lowest BCUT2D eigenvalue weighted by atomic mass is 10.2. The normalized spacial score (nSPS) is 20.1. The fraction of sp³-hybridized carbons (Fsp3) is 0.455. The number of hydrogen-bond acceptors (Lipinski definition) is 4. The van der Waals surface area contributed by atoms with Crippen molar-refractivity contribution in [2.45, 2.75) is 19.4 Å². The molecule has 16 heavy (non-hydrogen) atoms. The molecule has 1 fully saturated rings. The Balaban J connectivity index is 2.37. The van der Waals surface area contributed by atoms with Crippen LogP contribution < -0.4 is 16.4 Å². The summed E-state index contributed by atoms with van der Waals surface area (Å²) in [6.07, 6.45) is 0.924. The fourth-order valence-corrected chi connectivity index (χ4v) is 1.96. The number of anilines is 1. The predicted octanol–water partition coefficient (Wildman–Crippen LogP) is 0.0263. The number of rotatable bonds is 2. The third kappa shape index (κ3) is 1.99. The zero-order chi connectivity index (χ0) is 11.7. The summed E-state index contributed by atoms with van der Waals surface area (Å²) in [5.41, 5.74) is 12.5. The zero-order valence-electron chi connectivity index (χ0n) is 9.31. The van der Waals surface area contributed by atoms with Crippen LogP contribution in [0.4, 0.5) is 5.82 Å². The van der Waals surface area contributed by atoms with Crippen LogP contribution in [0.25, 0.3) is 0 Å². The fourth-order valence-electron chi connectivity index (χ4n) is 1.96. The van der Waals surface area contributed by atoms with Crippen LogP contribution in [0.1, 0.15) is 22.5 Å². The molecule has 1 saturated heterocycles. The lowest BCUT2D eigenvalue weighted by Crippen LogP contribution is -2.29. The van der Waals surface area contributed by atoms with E-state index in [-0.39, 0.29) is 6.04 Å². The maximum absolute atomic E-state index is 11.3. The first-order chi connectivity index (χ1) is 7.58. The molecule has 5 nitrogen and oxygen atoms in total. The molecule has 0 saturated carbocycles. The molecule has 0 spiro atoms. The van der Waals surface area contributed by atoms with Crippen LogP contribution in [0.15, 0.2) is 12.1 Å². The first kappa shape index (κ1) is 10.9. The minimum atomic E-state index is -0.442. The topological polar surface area (TPSA) is 85.2 Å². The lowest BCUT2D eigenvalue weighted by Gasteiger charge is -2.19. The molecule has 0 radical (unpaired) electrons. The summed E-state index contributed by atoms with van der Waals surface area (Å²) >= 11 is 0. The van der Waals surface area contributed by atoms with Crippen molar-refractivity contribution in [3.63, 3.8) is 0 Å². The summed E-state index contributed by atoms with van der Waals surface area (Å²) in [5.74, 6) is 0.225. The summed E-state index contributed by atoms with van der Waals surface area (Å²) in [4.78, 5) is 17.7. The van der Waals surface area contributed by atoms with E-state index in [0.29, 0.717) is 11.4 Å². The molecule has 5 heteroatoms. The van der Waals surface area contributed by atoms with Gasteiger partial charge in [-0.25, -0.2) is 4.98 Å². The van der Waals surface area contributed by atoms with Gasteiger partial charge in [0, 0.05) is 24.8 Å². The molecule has 1 aliphatic rings. The number of aryl methyl sites for hydroxylation is 1. The third-order valence-corrected chi connectivity index (χ3v) is 2.80. The second-order valence-corrected chi connectivity index (χ2v) is 4.18. The van der Waals surface area contributed by atoms with E-state index in [0.717, 1.165) is 25.2 Å². The van der Waals surface area contributed by atoms with Crippen LogP contribution in [0.5, 0.6) is 0 Å². The molecule has 1 aliphatic heterocycles. The molecule has 1 aromatic heterocycles. The maximum Gasteiger partial charge on any atom is 0.252 e. The van der Waals surface area contributed by atoms with Crippen LogP contribution in [-0.4, -0.2) is 30.0 Å². The quantitative estimate of drug-likeness (QED) is 0.736. The number of amides is 1. The van der Waals surface area contributed by atoms with Crippen molar-refractivity contribution in [1.29, 1.82) is 0 Å². The van der Waals surface area contributed by atoms with Crippen LogP contribution in [0.2, 0.25) is 0 Å². The molecule has 86 valence electrons. The molecule has 1 aromatic rings. The SMILES string of the molecule is Cc1ccc(C(N)=O)c(N2CCC(N)C2)n1. The van der Waals surface area contributed by atoms with E-state index >= 15 is 0 Å². The average molecular weight is 220 g/mol. The molecular formula is C11H16N4O. The summed E-state index contributed by atoms with van der Waals surface area (Å²) in [7, 11) is 0. The average Bonchev–Trinajstić information content (AvgIpc) is 2.64. The van der Waals surface area contributed by atoms with Gasteiger partial charge in [0.15, 0.2) is 0 Å². The van der Waals surface area contributed by atoms with Crippen LogP contribution in [0, 0.1) is 6.92 Å². The van der Waals surface area contributed by atoms with E-state index < -0.39 is 5.91 Å². The van der Waals surface area contributed by atoms with Gasteiger partial charge in [-0.15, -0.1) is 0 Å². The number of nitrogens with zero attached hydrogens (tertiary/aromatic N) is 2. The summed E-state index contributed by atoms with van der Waals surface area (Å²) < 4.78 is 0. The number of carbonyl (C=O) groups excluding carboxylic acids is 1. The number of carbonyl (C=O) groups is 1. The van der Waals surface area contributed by atoms with Crippen molar-refractivity contribution >= 4 is 11.7 Å². The Hall–Kier alpha value is -1.62. The Morgan fingerprint density at radius 3 is 2.88 bits per heavy atom. The molecule has 1 atom stereocenters. The van der Waals surface area contributed by atoms with Gasteiger partial charge in [-0.3, -0.25) is 4.79 Å². The molecule has 2 rings (SSSR count). The number of pyridine rings is 1. The van der Waals surface area contributed by atoms with Gasteiger partial charge in [-0.05, 0) is 25.5 Å². The van der Waals surface area contributed by atoms with Crippen molar-refractivity contribution in [2.75, 3.05) is 18.0 Å². The van der Waals surface area contributed by atoms with E-state index in [1.807, 2.05) is 11.8 Å².